The lowest BCUT2D eigenvalue weighted by Gasteiger charge is -2.16. The highest BCUT2D eigenvalue weighted by Gasteiger charge is 2.10. The van der Waals surface area contributed by atoms with Crippen molar-refractivity contribution in [3.8, 4) is 12.3 Å². The van der Waals surface area contributed by atoms with Crippen molar-refractivity contribution < 1.29 is 4.79 Å². The Balaban J connectivity index is 3.84. The van der Waals surface area contributed by atoms with E-state index in [-0.39, 0.29) is 24.4 Å². The molecule has 5 N–H and O–H groups in total. The number of terminal acetylenes is 1. The van der Waals surface area contributed by atoms with Gasteiger partial charge >= 0.3 is 0 Å². The van der Waals surface area contributed by atoms with Crippen molar-refractivity contribution in [1.29, 1.82) is 0 Å². The first-order chi connectivity index (χ1) is 5.60. The molecule has 4 heteroatoms. The molecule has 0 aromatic carbocycles. The second-order valence-corrected chi connectivity index (χ2v) is 2.66. The van der Waals surface area contributed by atoms with Gasteiger partial charge in [0.2, 0.25) is 5.91 Å². The summed E-state index contributed by atoms with van der Waals surface area (Å²) in [6, 6.07) is -0.202. The summed E-state index contributed by atoms with van der Waals surface area (Å²) in [6.07, 6.45) is 5.36. The standard InChI is InChI=1S/C8H15N3O/c1-3-6(2)11-7(5-9)4-8(10)12/h1,6-7,11H,4-5,9H2,2H3,(H2,10,12). The maximum absolute atomic E-state index is 10.5. The second-order valence-electron chi connectivity index (χ2n) is 2.66. The van der Waals surface area contributed by atoms with Crippen LogP contribution in [0.1, 0.15) is 13.3 Å². The van der Waals surface area contributed by atoms with E-state index in [4.69, 9.17) is 17.9 Å². The number of carbonyl (C=O) groups is 1. The molecular formula is C8H15N3O. The number of rotatable bonds is 5. The van der Waals surface area contributed by atoms with E-state index in [0.717, 1.165) is 0 Å². The molecule has 0 fully saturated rings. The van der Waals surface area contributed by atoms with Gasteiger partial charge in [0.05, 0.1) is 6.04 Å². The van der Waals surface area contributed by atoms with Crippen molar-refractivity contribution in [2.45, 2.75) is 25.4 Å². The topological polar surface area (TPSA) is 81.1 Å². The Hall–Kier alpha value is -1.05. The Morgan fingerprint density at radius 3 is 2.67 bits per heavy atom. The van der Waals surface area contributed by atoms with Crippen LogP contribution in [-0.2, 0) is 4.79 Å². The van der Waals surface area contributed by atoms with Gasteiger partial charge < -0.3 is 11.5 Å². The van der Waals surface area contributed by atoms with Crippen LogP contribution in [-0.4, -0.2) is 24.5 Å². The van der Waals surface area contributed by atoms with Crippen molar-refractivity contribution in [3.05, 3.63) is 0 Å². The molecule has 0 aromatic rings. The average molecular weight is 169 g/mol. The van der Waals surface area contributed by atoms with Crippen LogP contribution in [0.25, 0.3) is 0 Å². The van der Waals surface area contributed by atoms with Crippen LogP contribution in [0.15, 0.2) is 0 Å². The third-order valence-corrected chi connectivity index (χ3v) is 1.47. The fraction of sp³-hybridized carbons (Fsp3) is 0.625. The number of hydrogen-bond acceptors (Lipinski definition) is 3. The van der Waals surface area contributed by atoms with Crippen LogP contribution >= 0.6 is 0 Å². The molecule has 0 saturated heterocycles. The predicted molar refractivity (Wildman–Crippen MR) is 48.1 cm³/mol. The Morgan fingerprint density at radius 2 is 2.33 bits per heavy atom. The largest absolute Gasteiger partial charge is 0.370 e. The summed E-state index contributed by atoms with van der Waals surface area (Å²) in [5.41, 5.74) is 10.4. The summed E-state index contributed by atoms with van der Waals surface area (Å²) in [5, 5.41) is 2.99. The van der Waals surface area contributed by atoms with Gasteiger partial charge in [0.1, 0.15) is 0 Å². The molecule has 0 rings (SSSR count). The molecule has 0 bridgehead atoms. The molecule has 1 amide bonds. The molecular weight excluding hydrogens is 154 g/mol. The summed E-state index contributed by atoms with van der Waals surface area (Å²) < 4.78 is 0. The van der Waals surface area contributed by atoms with Gasteiger partial charge in [-0.05, 0) is 6.92 Å². The number of nitrogens with two attached hydrogens (primary N) is 2. The van der Waals surface area contributed by atoms with E-state index in [1.165, 1.54) is 0 Å². The molecule has 0 aliphatic heterocycles. The first-order valence-corrected chi connectivity index (χ1v) is 3.80. The van der Waals surface area contributed by atoms with Crippen LogP contribution in [0.3, 0.4) is 0 Å². The van der Waals surface area contributed by atoms with Gasteiger partial charge in [-0.2, -0.15) is 0 Å². The van der Waals surface area contributed by atoms with Crippen LogP contribution < -0.4 is 16.8 Å². The molecule has 68 valence electrons. The predicted octanol–water partition coefficient (Wildman–Crippen LogP) is -1.20. The molecule has 4 nitrogen and oxygen atoms in total. The van der Waals surface area contributed by atoms with E-state index in [0.29, 0.717) is 6.54 Å². The van der Waals surface area contributed by atoms with Crippen molar-refractivity contribution in [3.63, 3.8) is 0 Å². The molecule has 0 aromatic heterocycles. The van der Waals surface area contributed by atoms with E-state index in [1.807, 2.05) is 6.92 Å². The first kappa shape index (κ1) is 11.0. The van der Waals surface area contributed by atoms with Gasteiger partial charge in [-0.1, -0.05) is 5.92 Å². The number of hydrogen-bond donors (Lipinski definition) is 3. The third kappa shape index (κ3) is 4.72. The second kappa shape index (κ2) is 5.58. The van der Waals surface area contributed by atoms with E-state index in [2.05, 4.69) is 11.2 Å². The molecule has 0 heterocycles. The van der Waals surface area contributed by atoms with Crippen molar-refractivity contribution in [2.24, 2.45) is 11.5 Å². The van der Waals surface area contributed by atoms with E-state index < -0.39 is 0 Å². The van der Waals surface area contributed by atoms with Crippen LogP contribution in [0.2, 0.25) is 0 Å². The fourth-order valence-corrected chi connectivity index (χ4v) is 0.855. The summed E-state index contributed by atoms with van der Waals surface area (Å²) in [7, 11) is 0. The maximum Gasteiger partial charge on any atom is 0.219 e. The molecule has 0 spiro atoms. The molecule has 0 radical (unpaired) electrons. The van der Waals surface area contributed by atoms with Gasteiger partial charge in [0.25, 0.3) is 0 Å². The average Bonchev–Trinajstić information content (AvgIpc) is 2.02. The normalized spacial score (nSPS) is 14.8. The lowest BCUT2D eigenvalue weighted by Crippen LogP contribution is -2.43. The molecule has 2 atom stereocenters. The minimum absolute atomic E-state index is 0.0853. The van der Waals surface area contributed by atoms with E-state index in [9.17, 15) is 4.79 Å². The zero-order valence-electron chi connectivity index (χ0n) is 7.21. The molecule has 0 saturated carbocycles. The van der Waals surface area contributed by atoms with Crippen LogP contribution in [0, 0.1) is 12.3 Å². The minimum atomic E-state index is -0.373. The molecule has 12 heavy (non-hydrogen) atoms. The van der Waals surface area contributed by atoms with Crippen LogP contribution in [0.5, 0.6) is 0 Å². The first-order valence-electron chi connectivity index (χ1n) is 3.80. The monoisotopic (exact) mass is 169 g/mol. The fourth-order valence-electron chi connectivity index (χ4n) is 0.855. The Labute approximate surface area is 72.7 Å². The number of nitrogens with one attached hydrogen (secondary N) is 1. The van der Waals surface area contributed by atoms with Crippen molar-refractivity contribution in [2.75, 3.05) is 6.54 Å². The quantitative estimate of drug-likeness (QED) is 0.452. The number of amides is 1. The number of carbonyl (C=O) groups excluding carboxylic acids is 1. The van der Waals surface area contributed by atoms with Crippen molar-refractivity contribution >= 4 is 5.91 Å². The molecule has 0 aliphatic rings. The van der Waals surface area contributed by atoms with Gasteiger partial charge in [-0.15, -0.1) is 6.42 Å². The lowest BCUT2D eigenvalue weighted by atomic mass is 10.2. The Bertz CT molecular complexity index is 185. The Morgan fingerprint density at radius 1 is 1.75 bits per heavy atom. The Kier molecular flexibility index (Phi) is 5.09. The van der Waals surface area contributed by atoms with Crippen LogP contribution in [0.4, 0.5) is 0 Å². The van der Waals surface area contributed by atoms with Gasteiger partial charge in [0.15, 0.2) is 0 Å². The minimum Gasteiger partial charge on any atom is -0.370 e. The van der Waals surface area contributed by atoms with E-state index in [1.54, 1.807) is 0 Å². The zero-order valence-corrected chi connectivity index (χ0v) is 7.21. The maximum atomic E-state index is 10.5. The van der Waals surface area contributed by atoms with Gasteiger partial charge in [-0.25, -0.2) is 0 Å². The third-order valence-electron chi connectivity index (χ3n) is 1.47. The summed E-state index contributed by atoms with van der Waals surface area (Å²) >= 11 is 0. The highest BCUT2D eigenvalue weighted by Crippen LogP contribution is 1.90. The van der Waals surface area contributed by atoms with Gasteiger partial charge in [0, 0.05) is 19.0 Å². The highest BCUT2D eigenvalue weighted by atomic mass is 16.1. The highest BCUT2D eigenvalue weighted by molar-refractivity contribution is 5.74. The summed E-state index contributed by atoms with van der Waals surface area (Å²) in [5.74, 6) is 2.11. The summed E-state index contributed by atoms with van der Waals surface area (Å²) in [4.78, 5) is 10.5. The SMILES string of the molecule is C#CC(C)NC(CN)CC(N)=O. The lowest BCUT2D eigenvalue weighted by molar-refractivity contribution is -0.118. The zero-order chi connectivity index (χ0) is 9.56. The summed E-state index contributed by atoms with van der Waals surface area (Å²) in [6.45, 7) is 2.18. The molecule has 0 aliphatic carbocycles. The van der Waals surface area contributed by atoms with Crippen molar-refractivity contribution in [1.82, 2.24) is 5.32 Å². The van der Waals surface area contributed by atoms with Gasteiger partial charge in [-0.3, -0.25) is 10.1 Å². The van der Waals surface area contributed by atoms with E-state index >= 15 is 0 Å². The number of primary amides is 1. The molecule has 2 unspecified atom stereocenters. The smallest absolute Gasteiger partial charge is 0.219 e.